The summed E-state index contributed by atoms with van der Waals surface area (Å²) >= 11 is 5.77. The number of hydrogen-bond donors (Lipinski definition) is 3. The van der Waals surface area contributed by atoms with Gasteiger partial charge < -0.3 is 34.7 Å². The lowest BCUT2D eigenvalue weighted by Gasteiger charge is -2.13. The Morgan fingerprint density at radius 3 is 2.30 bits per heavy atom. The zero-order chi connectivity index (χ0) is 23.8. The third kappa shape index (κ3) is 7.95. The molecule has 1 aliphatic heterocycles. The van der Waals surface area contributed by atoms with Gasteiger partial charge in [0.05, 0.1) is 6.10 Å². The van der Waals surface area contributed by atoms with Crippen LogP contribution in [0.5, 0.6) is 23.0 Å². The lowest BCUT2D eigenvalue weighted by Crippen LogP contribution is -2.37. The second-order valence-corrected chi connectivity index (χ2v) is 7.34. The molecule has 0 aliphatic carbocycles. The summed E-state index contributed by atoms with van der Waals surface area (Å²) in [5, 5.41) is 15.5. The molecule has 0 aromatic heterocycles. The second kappa shape index (κ2) is 11.0. The average Bonchev–Trinajstić information content (AvgIpc) is 3.09. The Bertz CT molecular complexity index is 976. The number of benzene rings is 2. The van der Waals surface area contributed by atoms with E-state index in [1.165, 1.54) is 18.2 Å². The van der Waals surface area contributed by atoms with Crippen LogP contribution in [0, 0.1) is 0 Å². The van der Waals surface area contributed by atoms with E-state index >= 15 is 0 Å². The number of amides is 2. The summed E-state index contributed by atoms with van der Waals surface area (Å²) in [6.07, 6.45) is -4.44. The monoisotopic (exact) mass is 486 g/mol. The van der Waals surface area contributed by atoms with Gasteiger partial charge in [-0.25, -0.2) is 0 Å². The molecule has 1 heterocycles. The zero-order valence-corrected chi connectivity index (χ0v) is 17.9. The molecule has 33 heavy (non-hydrogen) atoms. The highest BCUT2D eigenvalue weighted by atomic mass is 35.5. The predicted octanol–water partition coefficient (Wildman–Crippen LogP) is 2.10. The summed E-state index contributed by atoms with van der Waals surface area (Å²) in [6.45, 7) is -0.476. The minimum Gasteiger partial charge on any atom is -0.484 e. The van der Waals surface area contributed by atoms with Gasteiger partial charge in [-0.15, -0.1) is 8.78 Å². The van der Waals surface area contributed by atoms with Gasteiger partial charge in [0, 0.05) is 24.2 Å². The first-order valence-electron chi connectivity index (χ1n) is 9.83. The molecule has 0 bridgehead atoms. The van der Waals surface area contributed by atoms with Gasteiger partial charge in [0.1, 0.15) is 11.5 Å². The number of carbonyl (C=O) groups excluding carboxylic acids is 2. The van der Waals surface area contributed by atoms with Crippen molar-refractivity contribution in [1.82, 2.24) is 10.6 Å². The predicted molar refractivity (Wildman–Crippen MR) is 112 cm³/mol. The first kappa shape index (κ1) is 24.3. The van der Waals surface area contributed by atoms with Crippen LogP contribution in [0.25, 0.3) is 0 Å². The van der Waals surface area contributed by atoms with Crippen LogP contribution in [0.2, 0.25) is 5.02 Å². The molecule has 2 aromatic carbocycles. The van der Waals surface area contributed by atoms with E-state index in [9.17, 15) is 23.5 Å². The standard InChI is InChI=1S/C21H21ClF2N2O7/c22-13-1-3-15(4-2-13)30-12-20(29)26-10-14(27)7-8-25-19(28)11-31-16-5-6-17-18(9-16)33-21(23,24)32-17/h1-6,9,14,27H,7-8,10-12H2,(H,25,28)(H,26,29)/t14-/m0/s1. The number of halogens is 3. The maximum atomic E-state index is 13.0. The molecule has 1 aliphatic rings. The number of alkyl halides is 2. The molecule has 9 nitrogen and oxygen atoms in total. The molecule has 2 aromatic rings. The number of aliphatic hydroxyl groups is 1. The van der Waals surface area contributed by atoms with Gasteiger partial charge >= 0.3 is 6.29 Å². The lowest BCUT2D eigenvalue weighted by atomic mass is 10.2. The third-order valence-electron chi connectivity index (χ3n) is 4.26. The summed E-state index contributed by atoms with van der Waals surface area (Å²) in [5.41, 5.74) is 0. The van der Waals surface area contributed by atoms with Gasteiger partial charge in [-0.2, -0.15) is 0 Å². The number of fused-ring (bicyclic) bond motifs is 1. The number of rotatable bonds is 11. The van der Waals surface area contributed by atoms with Crippen LogP contribution < -0.4 is 29.6 Å². The van der Waals surface area contributed by atoms with Crippen LogP contribution in [0.4, 0.5) is 8.78 Å². The van der Waals surface area contributed by atoms with E-state index < -0.39 is 24.2 Å². The van der Waals surface area contributed by atoms with Crippen LogP contribution >= 0.6 is 11.6 Å². The van der Waals surface area contributed by atoms with Crippen LogP contribution in [-0.2, 0) is 9.59 Å². The number of carbonyl (C=O) groups is 2. The molecule has 12 heteroatoms. The molecule has 3 N–H and O–H groups in total. The van der Waals surface area contributed by atoms with E-state index in [0.717, 1.165) is 0 Å². The number of aliphatic hydroxyl groups excluding tert-OH is 1. The van der Waals surface area contributed by atoms with Gasteiger partial charge in [-0.3, -0.25) is 9.59 Å². The minimum atomic E-state index is -3.73. The number of hydrogen-bond acceptors (Lipinski definition) is 7. The third-order valence-corrected chi connectivity index (χ3v) is 4.51. The Morgan fingerprint density at radius 1 is 0.970 bits per heavy atom. The Kier molecular flexibility index (Phi) is 8.12. The molecule has 0 unspecified atom stereocenters. The van der Waals surface area contributed by atoms with Crippen LogP contribution in [0.15, 0.2) is 42.5 Å². The highest BCUT2D eigenvalue weighted by molar-refractivity contribution is 6.30. The van der Waals surface area contributed by atoms with Crippen molar-refractivity contribution in [2.24, 2.45) is 0 Å². The zero-order valence-electron chi connectivity index (χ0n) is 17.2. The Labute approximate surface area is 192 Å². The fourth-order valence-corrected chi connectivity index (χ4v) is 2.79. The Hall–Kier alpha value is -3.31. The fraction of sp³-hybridized carbons (Fsp3) is 0.333. The van der Waals surface area contributed by atoms with Crippen molar-refractivity contribution < 1.29 is 42.4 Å². The van der Waals surface area contributed by atoms with Crippen molar-refractivity contribution in [3.8, 4) is 23.0 Å². The van der Waals surface area contributed by atoms with Crippen molar-refractivity contribution in [3.05, 3.63) is 47.5 Å². The topological polar surface area (TPSA) is 115 Å². The maximum Gasteiger partial charge on any atom is 0.586 e. The summed E-state index contributed by atoms with van der Waals surface area (Å²) < 4.78 is 45.1. The quantitative estimate of drug-likeness (QED) is 0.445. The van der Waals surface area contributed by atoms with Gasteiger partial charge in [-0.1, -0.05) is 11.6 Å². The van der Waals surface area contributed by atoms with Crippen molar-refractivity contribution in [2.45, 2.75) is 18.8 Å². The van der Waals surface area contributed by atoms with E-state index in [-0.39, 0.29) is 50.0 Å². The first-order valence-corrected chi connectivity index (χ1v) is 10.2. The van der Waals surface area contributed by atoms with Crippen molar-refractivity contribution in [3.63, 3.8) is 0 Å². The summed E-state index contributed by atoms with van der Waals surface area (Å²) in [6, 6.07) is 10.3. The van der Waals surface area contributed by atoms with E-state index in [2.05, 4.69) is 20.1 Å². The van der Waals surface area contributed by atoms with Crippen molar-refractivity contribution >= 4 is 23.4 Å². The van der Waals surface area contributed by atoms with Crippen LogP contribution in [0.1, 0.15) is 6.42 Å². The summed E-state index contributed by atoms with van der Waals surface area (Å²) in [7, 11) is 0. The van der Waals surface area contributed by atoms with Gasteiger partial charge in [0.2, 0.25) is 0 Å². The molecule has 3 rings (SSSR count). The number of nitrogens with one attached hydrogen (secondary N) is 2. The van der Waals surface area contributed by atoms with Gasteiger partial charge in [0.25, 0.3) is 11.8 Å². The van der Waals surface area contributed by atoms with E-state index in [1.54, 1.807) is 24.3 Å². The Morgan fingerprint density at radius 2 is 1.58 bits per heavy atom. The molecule has 178 valence electrons. The minimum absolute atomic E-state index is 0.0169. The normalized spacial score (nSPS) is 14.3. The van der Waals surface area contributed by atoms with Crippen molar-refractivity contribution in [2.75, 3.05) is 26.3 Å². The van der Waals surface area contributed by atoms with E-state index in [4.69, 9.17) is 21.1 Å². The summed E-state index contributed by atoms with van der Waals surface area (Å²) in [4.78, 5) is 23.6. The molecule has 2 amide bonds. The highest BCUT2D eigenvalue weighted by Crippen LogP contribution is 2.42. The molecule has 0 saturated carbocycles. The van der Waals surface area contributed by atoms with E-state index in [1.807, 2.05) is 0 Å². The van der Waals surface area contributed by atoms with Crippen LogP contribution in [0.3, 0.4) is 0 Å². The van der Waals surface area contributed by atoms with Gasteiger partial charge in [-0.05, 0) is 42.8 Å². The fourth-order valence-electron chi connectivity index (χ4n) is 2.66. The molecular weight excluding hydrogens is 466 g/mol. The lowest BCUT2D eigenvalue weighted by molar-refractivity contribution is -0.286. The summed E-state index contributed by atoms with van der Waals surface area (Å²) in [5.74, 6) is -0.586. The second-order valence-electron chi connectivity index (χ2n) is 6.90. The maximum absolute atomic E-state index is 13.0. The SMILES string of the molecule is O=C(COc1ccc2c(c1)OC(F)(F)O2)NCC[C@H](O)CNC(=O)COc1ccc(Cl)cc1. The first-order chi connectivity index (χ1) is 15.7. The molecule has 1 atom stereocenters. The average molecular weight is 487 g/mol. The molecular formula is C21H21ClF2N2O7. The van der Waals surface area contributed by atoms with Gasteiger partial charge in [0.15, 0.2) is 24.7 Å². The van der Waals surface area contributed by atoms with Crippen LogP contribution in [-0.4, -0.2) is 55.6 Å². The highest BCUT2D eigenvalue weighted by Gasteiger charge is 2.43. The Balaban J connectivity index is 1.26. The largest absolute Gasteiger partial charge is 0.586 e. The smallest absolute Gasteiger partial charge is 0.484 e. The molecule has 0 radical (unpaired) electrons. The van der Waals surface area contributed by atoms with Crippen molar-refractivity contribution in [1.29, 1.82) is 0 Å². The molecule has 0 saturated heterocycles. The number of ether oxygens (including phenoxy) is 4. The molecule has 0 spiro atoms. The molecule has 0 fully saturated rings. The van der Waals surface area contributed by atoms with E-state index in [0.29, 0.717) is 10.8 Å².